The molecule has 0 N–H and O–H groups in total. The van der Waals surface area contributed by atoms with Gasteiger partial charge in [0.2, 0.25) is 0 Å². The topological polar surface area (TPSA) is 36.9 Å². The molecule has 4 aliphatic heterocycles. The fraction of sp³-hybridized carbons (Fsp3) is 1.00. The average molecular weight is 320 g/mol. The maximum absolute atomic E-state index is 5.72. The molecule has 0 saturated carbocycles. The third kappa shape index (κ3) is 2.80. The van der Waals surface area contributed by atoms with E-state index in [0.29, 0.717) is 11.8 Å². The predicted molar refractivity (Wildman–Crippen MR) is 91.8 cm³/mol. The van der Waals surface area contributed by atoms with Crippen LogP contribution >= 0.6 is 0 Å². The van der Waals surface area contributed by atoms with Crippen molar-refractivity contribution in [3.05, 3.63) is 0 Å². The number of hydrogen-bond donors (Lipinski definition) is 0. The molecule has 23 heavy (non-hydrogen) atoms. The van der Waals surface area contributed by atoms with Crippen LogP contribution in [0.2, 0.25) is 0 Å². The molecule has 2 unspecified atom stereocenters. The van der Waals surface area contributed by atoms with E-state index in [4.69, 9.17) is 34.6 Å². The largest absolute Gasteiger partial charge is 0.376 e. The molecule has 0 aliphatic carbocycles. The second-order valence-corrected chi connectivity index (χ2v) is 7.13. The monoisotopic (exact) mass is 320 g/mol. The first kappa shape index (κ1) is 19.3. The first-order valence-electron chi connectivity index (χ1n) is 8.49. The summed E-state index contributed by atoms with van der Waals surface area (Å²) in [6.07, 6.45) is 2.27. The summed E-state index contributed by atoms with van der Waals surface area (Å²) >= 11 is 0. The Labute approximate surface area is 143 Å². The number of fused-ring (bicyclic) bond motifs is 4. The van der Waals surface area contributed by atoms with Gasteiger partial charge in [0.15, 0.2) is 0 Å². The Balaban J connectivity index is 0.000000160. The Bertz CT molecular complexity index is 385. The van der Waals surface area contributed by atoms with Gasteiger partial charge < -0.3 is 18.9 Å². The van der Waals surface area contributed by atoms with Crippen LogP contribution in [0.15, 0.2) is 0 Å². The average Bonchev–Trinajstić information content (AvgIpc) is 3.15. The Morgan fingerprint density at radius 2 is 1.17 bits per heavy atom. The fourth-order valence-electron chi connectivity index (χ4n) is 4.36. The molecule has 4 radical (unpaired) electrons. The summed E-state index contributed by atoms with van der Waals surface area (Å²) in [4.78, 5) is 0. The minimum atomic E-state index is -0.196. The van der Waals surface area contributed by atoms with Gasteiger partial charge in [-0.3, -0.25) is 0 Å². The quantitative estimate of drug-likeness (QED) is 0.730. The van der Waals surface area contributed by atoms with Crippen LogP contribution in [0, 0.1) is 11.8 Å². The van der Waals surface area contributed by atoms with Crippen LogP contribution in [0.1, 0.15) is 48.0 Å². The lowest BCUT2D eigenvalue weighted by Gasteiger charge is -2.29. The van der Waals surface area contributed by atoms with Gasteiger partial charge in [-0.25, -0.2) is 0 Å². The third-order valence-corrected chi connectivity index (χ3v) is 6.27. The Hall–Kier alpha value is -0.0301. The standard InChI is InChI=1S/2C8H13BO2.CH4/c2*1-3-8-4-10-6(5(8)2)7(9)11-8;/h2*5-7H,3-4H2,1-2H3;1H4/t5?,6-,7+,8-;5?,6-,7-,8-;/m01./s1. The predicted octanol–water partition coefficient (Wildman–Crippen LogP) is 2.03. The zero-order chi connectivity index (χ0) is 16.1. The van der Waals surface area contributed by atoms with Crippen molar-refractivity contribution in [3.63, 3.8) is 0 Å². The van der Waals surface area contributed by atoms with E-state index in [-0.39, 0.29) is 42.8 Å². The van der Waals surface area contributed by atoms with Gasteiger partial charge in [0, 0.05) is 23.8 Å². The van der Waals surface area contributed by atoms with Gasteiger partial charge in [-0.1, -0.05) is 35.1 Å². The van der Waals surface area contributed by atoms with Crippen LogP contribution in [0.25, 0.3) is 0 Å². The molecule has 6 heteroatoms. The molecule has 0 spiro atoms. The van der Waals surface area contributed by atoms with E-state index < -0.39 is 0 Å². The highest BCUT2D eigenvalue weighted by Crippen LogP contribution is 2.46. The molecule has 8 atom stereocenters. The lowest BCUT2D eigenvalue weighted by Crippen LogP contribution is -2.37. The summed E-state index contributed by atoms with van der Waals surface area (Å²) in [7, 11) is 11.4. The summed E-state index contributed by atoms with van der Waals surface area (Å²) in [5, 5.41) is 0. The molecular weight excluding hydrogens is 290 g/mol. The van der Waals surface area contributed by atoms with Crippen molar-refractivity contribution in [1.82, 2.24) is 0 Å². The van der Waals surface area contributed by atoms with Gasteiger partial charge in [-0.15, -0.1) is 0 Å². The van der Waals surface area contributed by atoms with Crippen molar-refractivity contribution in [2.24, 2.45) is 11.8 Å². The van der Waals surface area contributed by atoms with Crippen molar-refractivity contribution >= 4 is 15.7 Å². The van der Waals surface area contributed by atoms with Crippen molar-refractivity contribution in [1.29, 1.82) is 0 Å². The normalized spacial score (nSPS) is 52.9. The fourth-order valence-corrected chi connectivity index (χ4v) is 4.36. The first-order valence-corrected chi connectivity index (χ1v) is 8.49. The lowest BCUT2D eigenvalue weighted by molar-refractivity contribution is -0.115. The van der Waals surface area contributed by atoms with Crippen molar-refractivity contribution in [2.75, 3.05) is 13.2 Å². The third-order valence-electron chi connectivity index (χ3n) is 6.27. The van der Waals surface area contributed by atoms with Crippen molar-refractivity contribution in [3.8, 4) is 0 Å². The van der Waals surface area contributed by atoms with Crippen LogP contribution in [0.4, 0.5) is 0 Å². The number of ether oxygens (including phenoxy) is 4. The first-order chi connectivity index (χ1) is 10.4. The van der Waals surface area contributed by atoms with Crippen molar-refractivity contribution < 1.29 is 18.9 Å². The van der Waals surface area contributed by atoms with Gasteiger partial charge in [0.1, 0.15) is 15.7 Å². The smallest absolute Gasteiger partial charge is 0.112 e. The summed E-state index contributed by atoms with van der Waals surface area (Å²) in [6.45, 7) is 10.0. The molecule has 0 aromatic rings. The second kappa shape index (κ2) is 6.70. The molecule has 4 bridgehead atoms. The van der Waals surface area contributed by atoms with Crippen LogP contribution in [-0.2, 0) is 18.9 Å². The summed E-state index contributed by atoms with van der Waals surface area (Å²) in [5.41, 5.74) is -0.131. The van der Waals surface area contributed by atoms with Gasteiger partial charge in [0.25, 0.3) is 0 Å². The Morgan fingerprint density at radius 1 is 0.826 bits per heavy atom. The second-order valence-electron chi connectivity index (χ2n) is 7.13. The highest BCUT2D eigenvalue weighted by Gasteiger charge is 2.56. The molecule has 4 saturated heterocycles. The molecule has 0 aromatic carbocycles. The van der Waals surface area contributed by atoms with Crippen molar-refractivity contribution in [2.45, 2.75) is 83.4 Å². The van der Waals surface area contributed by atoms with Gasteiger partial charge >= 0.3 is 0 Å². The Kier molecular flexibility index (Phi) is 5.62. The maximum Gasteiger partial charge on any atom is 0.112 e. The van der Waals surface area contributed by atoms with Crippen LogP contribution in [-0.4, -0.2) is 64.3 Å². The molecule has 0 amide bonds. The Morgan fingerprint density at radius 3 is 1.30 bits per heavy atom. The van der Waals surface area contributed by atoms with E-state index in [9.17, 15) is 0 Å². The number of rotatable bonds is 2. The lowest BCUT2D eigenvalue weighted by atomic mass is 9.85. The molecular formula is C17H30B2O4. The molecule has 4 fully saturated rings. The molecule has 0 aromatic heterocycles. The zero-order valence-electron chi connectivity index (χ0n) is 14.1. The summed E-state index contributed by atoms with van der Waals surface area (Å²) < 4.78 is 22.4. The minimum absolute atomic E-state index is 0. The van der Waals surface area contributed by atoms with E-state index in [0.717, 1.165) is 26.1 Å². The van der Waals surface area contributed by atoms with Gasteiger partial charge in [-0.05, 0) is 12.8 Å². The summed E-state index contributed by atoms with van der Waals surface area (Å²) in [6, 6.07) is -0.391. The maximum atomic E-state index is 5.72. The van der Waals surface area contributed by atoms with E-state index >= 15 is 0 Å². The number of hydrogen-bond acceptors (Lipinski definition) is 4. The minimum Gasteiger partial charge on any atom is -0.376 e. The highest BCUT2D eigenvalue weighted by molar-refractivity contribution is 6.12. The van der Waals surface area contributed by atoms with Gasteiger partial charge in [0.05, 0.1) is 36.6 Å². The highest BCUT2D eigenvalue weighted by atomic mass is 16.6. The van der Waals surface area contributed by atoms with Crippen LogP contribution < -0.4 is 0 Å². The SMILES string of the molecule is C.[B][C@@H]1O[C@@]2(CC)CO[C@H]1C2C.[B][C@@H]1O[C@]2(CC)CO[C@@H]1C2C. The van der Waals surface area contributed by atoms with E-state index in [1.165, 1.54) is 0 Å². The molecule has 128 valence electrons. The van der Waals surface area contributed by atoms with E-state index in [2.05, 4.69) is 27.7 Å². The van der Waals surface area contributed by atoms with Crippen LogP contribution in [0.5, 0.6) is 0 Å². The zero-order valence-corrected chi connectivity index (χ0v) is 14.1. The summed E-state index contributed by atoms with van der Waals surface area (Å²) in [5.74, 6) is 0.921. The van der Waals surface area contributed by atoms with E-state index in [1.807, 2.05) is 0 Å². The molecule has 4 heterocycles. The van der Waals surface area contributed by atoms with Crippen LogP contribution in [0.3, 0.4) is 0 Å². The van der Waals surface area contributed by atoms with E-state index in [1.54, 1.807) is 0 Å². The van der Waals surface area contributed by atoms with Gasteiger partial charge in [-0.2, -0.15) is 0 Å². The molecule has 4 rings (SSSR count). The molecule has 4 aliphatic rings. The molecule has 4 nitrogen and oxygen atoms in total.